The number of nitrogens with zero attached hydrogens (tertiary/aromatic N) is 4. The van der Waals surface area contributed by atoms with Crippen molar-refractivity contribution in [2.45, 2.75) is 69.9 Å². The van der Waals surface area contributed by atoms with E-state index in [2.05, 4.69) is 20.3 Å². The van der Waals surface area contributed by atoms with Gasteiger partial charge in [0.05, 0.1) is 6.04 Å². The van der Waals surface area contributed by atoms with E-state index < -0.39 is 30.0 Å². The SMILES string of the molecule is Cc1cnc(-c2cc(OC3CC4CCC(C3)N4C(=O)O)cc(C(=O)N[C@H](C)c3cnc(C(F)(F)F)nc3)c2)s1. The maximum absolute atomic E-state index is 13.2. The number of amides is 2. The fourth-order valence-electron chi connectivity index (χ4n) is 5.21. The summed E-state index contributed by atoms with van der Waals surface area (Å²) < 4.78 is 44.7. The Bertz CT molecular complexity index is 1370. The maximum atomic E-state index is 13.2. The number of carbonyl (C=O) groups excluding carboxylic acids is 1. The highest BCUT2D eigenvalue weighted by molar-refractivity contribution is 7.14. The number of aromatic nitrogens is 3. The molecule has 2 aliphatic rings. The van der Waals surface area contributed by atoms with E-state index in [9.17, 15) is 27.9 Å². The summed E-state index contributed by atoms with van der Waals surface area (Å²) in [5.74, 6) is -1.24. The van der Waals surface area contributed by atoms with Gasteiger partial charge < -0.3 is 20.1 Å². The quantitative estimate of drug-likeness (QED) is 0.410. The number of alkyl halides is 3. The first-order valence-corrected chi connectivity index (χ1v) is 13.3. The van der Waals surface area contributed by atoms with Crippen LogP contribution in [0.25, 0.3) is 10.6 Å². The summed E-state index contributed by atoms with van der Waals surface area (Å²) in [5.41, 5.74) is 1.30. The smallest absolute Gasteiger partial charge is 0.451 e. The molecular formula is C26H26F3N5O4S. The van der Waals surface area contributed by atoms with Gasteiger partial charge >= 0.3 is 12.3 Å². The van der Waals surface area contributed by atoms with Crippen LogP contribution in [0.15, 0.2) is 36.8 Å². The number of piperidine rings is 1. The third-order valence-corrected chi connectivity index (χ3v) is 7.99. The Kier molecular flexibility index (Phi) is 7.19. The van der Waals surface area contributed by atoms with Gasteiger partial charge in [0.25, 0.3) is 5.91 Å². The van der Waals surface area contributed by atoms with Crippen LogP contribution >= 0.6 is 11.3 Å². The van der Waals surface area contributed by atoms with Crippen molar-refractivity contribution in [3.05, 3.63) is 58.6 Å². The van der Waals surface area contributed by atoms with Crippen molar-refractivity contribution in [1.29, 1.82) is 0 Å². The number of halogens is 3. The number of hydrogen-bond donors (Lipinski definition) is 2. The number of hydrogen-bond acceptors (Lipinski definition) is 7. The summed E-state index contributed by atoms with van der Waals surface area (Å²) in [6.45, 7) is 3.55. The maximum Gasteiger partial charge on any atom is 0.451 e. The first-order chi connectivity index (χ1) is 18.5. The Morgan fingerprint density at radius 3 is 2.33 bits per heavy atom. The Hall–Kier alpha value is -3.74. The number of aryl methyl sites for hydroxylation is 1. The zero-order chi connectivity index (χ0) is 27.9. The number of thiazole rings is 1. The second-order valence-electron chi connectivity index (χ2n) is 9.84. The molecule has 39 heavy (non-hydrogen) atoms. The molecule has 1 aromatic carbocycles. The number of rotatable bonds is 6. The number of carboxylic acid groups (broad SMARTS) is 1. The summed E-state index contributed by atoms with van der Waals surface area (Å²) >= 11 is 1.47. The zero-order valence-electron chi connectivity index (χ0n) is 21.1. The van der Waals surface area contributed by atoms with E-state index in [0.717, 1.165) is 30.1 Å². The van der Waals surface area contributed by atoms with Crippen molar-refractivity contribution in [3.8, 4) is 16.3 Å². The lowest BCUT2D eigenvalue weighted by Crippen LogP contribution is -2.48. The van der Waals surface area contributed by atoms with Crippen LogP contribution in [0.5, 0.6) is 5.75 Å². The van der Waals surface area contributed by atoms with E-state index in [1.807, 2.05) is 13.0 Å². The first-order valence-electron chi connectivity index (χ1n) is 12.4. The molecule has 2 fully saturated rings. The van der Waals surface area contributed by atoms with Crippen molar-refractivity contribution >= 4 is 23.3 Å². The van der Waals surface area contributed by atoms with Crippen LogP contribution < -0.4 is 10.1 Å². The molecule has 4 heterocycles. The van der Waals surface area contributed by atoms with Crippen LogP contribution in [-0.2, 0) is 6.18 Å². The average Bonchev–Trinajstić information content (AvgIpc) is 3.44. The summed E-state index contributed by atoms with van der Waals surface area (Å²) in [6, 6.07) is 4.27. The number of benzene rings is 1. The highest BCUT2D eigenvalue weighted by Crippen LogP contribution is 2.38. The summed E-state index contributed by atoms with van der Waals surface area (Å²) in [6.07, 6.45) is 0.788. The topological polar surface area (TPSA) is 118 Å². The third-order valence-electron chi connectivity index (χ3n) is 7.02. The van der Waals surface area contributed by atoms with E-state index in [1.165, 1.54) is 16.2 Å². The van der Waals surface area contributed by atoms with Crippen molar-refractivity contribution in [2.24, 2.45) is 0 Å². The van der Waals surface area contributed by atoms with Crippen LogP contribution in [0.4, 0.5) is 18.0 Å². The molecule has 2 aliphatic heterocycles. The van der Waals surface area contributed by atoms with Gasteiger partial charge in [0.15, 0.2) is 0 Å². The van der Waals surface area contributed by atoms with Crippen molar-refractivity contribution in [3.63, 3.8) is 0 Å². The first kappa shape index (κ1) is 26.9. The highest BCUT2D eigenvalue weighted by Gasteiger charge is 2.44. The van der Waals surface area contributed by atoms with Crippen LogP contribution in [0.3, 0.4) is 0 Å². The Balaban J connectivity index is 1.36. The van der Waals surface area contributed by atoms with Gasteiger partial charge in [0, 0.05) is 65.1 Å². The Morgan fingerprint density at radius 1 is 1.10 bits per heavy atom. The number of ether oxygens (including phenoxy) is 1. The molecule has 0 radical (unpaired) electrons. The summed E-state index contributed by atoms with van der Waals surface area (Å²) in [5, 5.41) is 13.0. The van der Waals surface area contributed by atoms with Gasteiger partial charge in [0.2, 0.25) is 5.82 Å². The third kappa shape index (κ3) is 5.82. The minimum atomic E-state index is -4.65. The molecule has 13 heteroatoms. The van der Waals surface area contributed by atoms with Gasteiger partial charge in [-0.15, -0.1) is 11.3 Å². The van der Waals surface area contributed by atoms with E-state index in [4.69, 9.17) is 4.74 Å². The van der Waals surface area contributed by atoms with E-state index >= 15 is 0 Å². The molecule has 2 amide bonds. The van der Waals surface area contributed by atoms with Gasteiger partial charge in [-0.25, -0.2) is 19.7 Å². The van der Waals surface area contributed by atoms with E-state index in [1.54, 1.807) is 25.3 Å². The summed E-state index contributed by atoms with van der Waals surface area (Å²) in [4.78, 5) is 38.6. The fourth-order valence-corrected chi connectivity index (χ4v) is 5.96. The van der Waals surface area contributed by atoms with Gasteiger partial charge in [-0.2, -0.15) is 13.2 Å². The van der Waals surface area contributed by atoms with Crippen molar-refractivity contribution < 1.29 is 32.6 Å². The predicted molar refractivity (Wildman–Crippen MR) is 136 cm³/mol. The van der Waals surface area contributed by atoms with Gasteiger partial charge in [-0.1, -0.05) is 0 Å². The lowest BCUT2D eigenvalue weighted by atomic mass is 10.00. The van der Waals surface area contributed by atoms with Crippen LogP contribution in [0.1, 0.15) is 65.3 Å². The lowest BCUT2D eigenvalue weighted by Gasteiger charge is -2.37. The second kappa shape index (κ2) is 10.4. The predicted octanol–water partition coefficient (Wildman–Crippen LogP) is 5.47. The number of carbonyl (C=O) groups is 2. The normalized spacial score (nSPS) is 21.5. The summed E-state index contributed by atoms with van der Waals surface area (Å²) in [7, 11) is 0. The van der Waals surface area contributed by atoms with Gasteiger partial charge in [-0.05, 0) is 44.9 Å². The Labute approximate surface area is 226 Å². The van der Waals surface area contributed by atoms with Crippen LogP contribution in [-0.4, -0.2) is 55.1 Å². The molecule has 0 aliphatic carbocycles. The molecule has 9 nitrogen and oxygen atoms in total. The Morgan fingerprint density at radius 2 is 1.77 bits per heavy atom. The molecule has 2 saturated heterocycles. The van der Waals surface area contributed by atoms with Crippen LogP contribution in [0.2, 0.25) is 0 Å². The number of nitrogens with one attached hydrogen (secondary N) is 1. The van der Waals surface area contributed by atoms with Crippen molar-refractivity contribution in [2.75, 3.05) is 0 Å². The lowest BCUT2D eigenvalue weighted by molar-refractivity contribution is -0.145. The van der Waals surface area contributed by atoms with E-state index in [0.29, 0.717) is 40.3 Å². The van der Waals surface area contributed by atoms with Gasteiger partial charge in [-0.3, -0.25) is 4.79 Å². The molecule has 2 N–H and O–H groups in total. The molecule has 2 unspecified atom stereocenters. The second-order valence-corrected chi connectivity index (χ2v) is 11.1. The molecule has 0 saturated carbocycles. The molecule has 0 spiro atoms. The van der Waals surface area contributed by atoms with Crippen LogP contribution in [0, 0.1) is 6.92 Å². The van der Waals surface area contributed by atoms with Gasteiger partial charge in [0.1, 0.15) is 16.9 Å². The number of fused-ring (bicyclic) bond motifs is 2. The molecular weight excluding hydrogens is 535 g/mol. The molecule has 206 valence electrons. The molecule has 3 atom stereocenters. The fraction of sp³-hybridized carbons (Fsp3) is 0.423. The molecule has 5 rings (SSSR count). The average molecular weight is 562 g/mol. The van der Waals surface area contributed by atoms with Crippen molar-refractivity contribution in [1.82, 2.24) is 25.2 Å². The molecule has 2 aromatic heterocycles. The monoisotopic (exact) mass is 561 g/mol. The molecule has 2 bridgehead atoms. The molecule has 3 aromatic rings. The van der Waals surface area contributed by atoms with E-state index in [-0.39, 0.29) is 18.2 Å². The largest absolute Gasteiger partial charge is 0.490 e. The highest BCUT2D eigenvalue weighted by atomic mass is 32.1. The minimum absolute atomic E-state index is 0.0920. The minimum Gasteiger partial charge on any atom is -0.490 e. The standard InChI is InChI=1S/C26H26F3N5O4S/c1-13-10-30-23(39-13)16-5-15(22(35)33-14(2)17-11-31-24(32-12-17)26(27,28)29)6-20(7-16)38-21-8-18-3-4-19(9-21)34(18)25(36)37/h5-7,10-12,14,18-19,21H,3-4,8-9H2,1-2H3,(H,33,35)(H,36,37)/t14-,18?,19?,21?/m1/s1. The zero-order valence-corrected chi connectivity index (χ0v) is 21.9.